The van der Waals surface area contributed by atoms with Crippen LogP contribution in [0.2, 0.25) is 4.34 Å². The van der Waals surface area contributed by atoms with Crippen LogP contribution in [0, 0.1) is 0 Å². The van der Waals surface area contributed by atoms with Crippen molar-refractivity contribution in [3.63, 3.8) is 0 Å². The predicted octanol–water partition coefficient (Wildman–Crippen LogP) is 2.70. The van der Waals surface area contributed by atoms with Crippen LogP contribution in [0.15, 0.2) is 11.4 Å². The summed E-state index contributed by atoms with van der Waals surface area (Å²) < 4.78 is 12.5. The molecule has 1 aliphatic rings. The minimum atomic E-state index is -0.339. The number of rotatable bonds is 1. The SMILES string of the molecule is CC1(C)OB(c2ccsc2Cl)OC1(C)C. The molecule has 1 saturated heterocycles. The van der Waals surface area contributed by atoms with Gasteiger partial charge in [0.2, 0.25) is 0 Å². The lowest BCUT2D eigenvalue weighted by Gasteiger charge is -2.32. The molecule has 0 amide bonds. The van der Waals surface area contributed by atoms with Crippen LogP contribution in [0.3, 0.4) is 0 Å². The van der Waals surface area contributed by atoms with E-state index >= 15 is 0 Å². The molecule has 2 heterocycles. The standard InChI is InChI=1S/C10H14BClO2S/c1-9(2)10(3,4)14-11(13-9)7-5-6-15-8(7)12/h5-6H,1-4H3. The molecule has 2 rings (SSSR count). The van der Waals surface area contributed by atoms with Gasteiger partial charge in [0.05, 0.1) is 15.5 Å². The van der Waals surface area contributed by atoms with Crippen molar-refractivity contribution in [2.24, 2.45) is 0 Å². The molecule has 0 aliphatic carbocycles. The average Bonchev–Trinajstić information content (AvgIpc) is 2.55. The molecule has 1 aromatic rings. The Kier molecular flexibility index (Phi) is 2.66. The Morgan fingerprint density at radius 1 is 1.20 bits per heavy atom. The summed E-state index contributed by atoms with van der Waals surface area (Å²) in [4.78, 5) is 0. The van der Waals surface area contributed by atoms with E-state index in [4.69, 9.17) is 20.9 Å². The first-order valence-electron chi connectivity index (χ1n) is 4.92. The van der Waals surface area contributed by atoms with Crippen LogP contribution in [0.4, 0.5) is 0 Å². The van der Waals surface area contributed by atoms with Gasteiger partial charge in [0.15, 0.2) is 0 Å². The van der Waals surface area contributed by atoms with Crippen LogP contribution >= 0.6 is 22.9 Å². The van der Waals surface area contributed by atoms with Gasteiger partial charge in [-0.2, -0.15) is 0 Å². The summed E-state index contributed by atoms with van der Waals surface area (Å²) in [5, 5.41) is 1.95. The fraction of sp³-hybridized carbons (Fsp3) is 0.600. The van der Waals surface area contributed by atoms with Gasteiger partial charge < -0.3 is 9.31 Å². The quantitative estimate of drug-likeness (QED) is 0.707. The topological polar surface area (TPSA) is 18.5 Å². The molecule has 0 unspecified atom stereocenters. The molecule has 2 nitrogen and oxygen atoms in total. The van der Waals surface area contributed by atoms with Gasteiger partial charge in [0.25, 0.3) is 0 Å². The Bertz CT molecular complexity index is 359. The maximum atomic E-state index is 6.06. The Morgan fingerprint density at radius 2 is 1.73 bits per heavy atom. The summed E-state index contributed by atoms with van der Waals surface area (Å²) >= 11 is 7.56. The van der Waals surface area contributed by atoms with E-state index in [1.54, 1.807) is 0 Å². The van der Waals surface area contributed by atoms with Crippen molar-refractivity contribution in [2.75, 3.05) is 0 Å². The zero-order valence-electron chi connectivity index (χ0n) is 9.33. The summed E-state index contributed by atoms with van der Waals surface area (Å²) in [7, 11) is -0.339. The highest BCUT2D eigenvalue weighted by molar-refractivity contribution is 7.16. The lowest BCUT2D eigenvalue weighted by atomic mass is 9.81. The molecule has 1 fully saturated rings. The molecular weight excluding hydrogens is 230 g/mol. The van der Waals surface area contributed by atoms with Crippen molar-refractivity contribution in [3.05, 3.63) is 15.8 Å². The largest absolute Gasteiger partial charge is 0.497 e. The first kappa shape index (κ1) is 11.5. The third-order valence-electron chi connectivity index (χ3n) is 3.15. The van der Waals surface area contributed by atoms with E-state index in [-0.39, 0.29) is 18.3 Å². The molecule has 0 atom stereocenters. The molecule has 1 aromatic heterocycles. The van der Waals surface area contributed by atoms with Crippen molar-refractivity contribution in [3.8, 4) is 0 Å². The van der Waals surface area contributed by atoms with E-state index in [0.717, 1.165) is 9.80 Å². The van der Waals surface area contributed by atoms with E-state index in [2.05, 4.69) is 0 Å². The highest BCUT2D eigenvalue weighted by atomic mass is 35.5. The molecule has 0 bridgehead atoms. The van der Waals surface area contributed by atoms with Crippen molar-refractivity contribution in [1.29, 1.82) is 0 Å². The summed E-state index contributed by atoms with van der Waals surface area (Å²) in [6.45, 7) is 8.14. The van der Waals surface area contributed by atoms with Gasteiger partial charge >= 0.3 is 7.12 Å². The average molecular weight is 245 g/mol. The van der Waals surface area contributed by atoms with Crippen LogP contribution in [0.25, 0.3) is 0 Å². The molecule has 5 heteroatoms. The molecule has 82 valence electrons. The number of halogens is 1. The second-order valence-corrected chi connectivity index (χ2v) is 6.26. The van der Waals surface area contributed by atoms with Crippen LogP contribution in [0.1, 0.15) is 27.7 Å². The van der Waals surface area contributed by atoms with Crippen LogP contribution in [-0.4, -0.2) is 18.3 Å². The normalized spacial score (nSPS) is 23.4. The predicted molar refractivity (Wildman–Crippen MR) is 65.0 cm³/mol. The van der Waals surface area contributed by atoms with Gasteiger partial charge in [-0.3, -0.25) is 0 Å². The highest BCUT2D eigenvalue weighted by Gasteiger charge is 2.52. The van der Waals surface area contributed by atoms with Gasteiger partial charge in [-0.1, -0.05) is 17.7 Å². The van der Waals surface area contributed by atoms with Crippen LogP contribution in [0.5, 0.6) is 0 Å². The summed E-state index contributed by atoms with van der Waals surface area (Å²) in [6.07, 6.45) is 0. The highest BCUT2D eigenvalue weighted by Crippen LogP contribution is 2.37. The van der Waals surface area contributed by atoms with Crippen LogP contribution < -0.4 is 5.46 Å². The molecule has 0 radical (unpaired) electrons. The Labute approximate surface area is 99.7 Å². The minimum absolute atomic E-state index is 0.303. The van der Waals surface area contributed by atoms with E-state index in [0.29, 0.717) is 0 Å². The van der Waals surface area contributed by atoms with Gasteiger partial charge in [-0.05, 0) is 33.1 Å². The molecule has 0 aromatic carbocycles. The fourth-order valence-corrected chi connectivity index (χ4v) is 2.38. The van der Waals surface area contributed by atoms with E-state index in [1.165, 1.54) is 11.3 Å². The monoisotopic (exact) mass is 244 g/mol. The molecule has 1 aliphatic heterocycles. The first-order chi connectivity index (χ1) is 6.83. The summed E-state index contributed by atoms with van der Waals surface area (Å²) in [6, 6.07) is 1.95. The van der Waals surface area contributed by atoms with Crippen molar-refractivity contribution >= 4 is 35.5 Å². The van der Waals surface area contributed by atoms with Crippen LogP contribution in [-0.2, 0) is 9.31 Å². The Hall–Kier alpha value is -0.0251. The molecular formula is C10H14BClO2S. The van der Waals surface area contributed by atoms with Gasteiger partial charge in [-0.15, -0.1) is 11.3 Å². The third-order valence-corrected chi connectivity index (χ3v) is 4.35. The molecule has 0 spiro atoms. The molecule has 15 heavy (non-hydrogen) atoms. The number of hydrogen-bond acceptors (Lipinski definition) is 3. The smallest absolute Gasteiger partial charge is 0.399 e. The van der Waals surface area contributed by atoms with Crippen molar-refractivity contribution < 1.29 is 9.31 Å². The lowest BCUT2D eigenvalue weighted by molar-refractivity contribution is 0.00578. The second kappa shape index (κ2) is 3.49. The van der Waals surface area contributed by atoms with Gasteiger partial charge in [0.1, 0.15) is 0 Å². The van der Waals surface area contributed by atoms with Gasteiger partial charge in [0, 0.05) is 5.46 Å². The number of thiophene rings is 1. The second-order valence-electron chi connectivity index (χ2n) is 4.74. The maximum Gasteiger partial charge on any atom is 0.497 e. The molecule has 0 N–H and O–H groups in total. The van der Waals surface area contributed by atoms with E-state index in [9.17, 15) is 0 Å². The Balaban J connectivity index is 2.27. The van der Waals surface area contributed by atoms with E-state index in [1.807, 2.05) is 39.1 Å². The zero-order valence-corrected chi connectivity index (χ0v) is 10.9. The summed E-state index contributed by atoms with van der Waals surface area (Å²) in [5.74, 6) is 0. The number of hydrogen-bond donors (Lipinski definition) is 0. The minimum Gasteiger partial charge on any atom is -0.399 e. The Morgan fingerprint density at radius 3 is 2.13 bits per heavy atom. The summed E-state index contributed by atoms with van der Waals surface area (Å²) in [5.41, 5.74) is 0.326. The maximum absolute atomic E-state index is 6.06. The lowest BCUT2D eigenvalue weighted by Crippen LogP contribution is -2.41. The van der Waals surface area contributed by atoms with E-state index < -0.39 is 0 Å². The first-order valence-corrected chi connectivity index (χ1v) is 6.18. The van der Waals surface area contributed by atoms with Gasteiger partial charge in [-0.25, -0.2) is 0 Å². The fourth-order valence-electron chi connectivity index (χ4n) is 1.44. The molecule has 0 saturated carbocycles. The zero-order chi connectivity index (χ0) is 11.3. The van der Waals surface area contributed by atoms with Crippen molar-refractivity contribution in [1.82, 2.24) is 0 Å². The van der Waals surface area contributed by atoms with Crippen molar-refractivity contribution in [2.45, 2.75) is 38.9 Å². The third kappa shape index (κ3) is 1.84.